The summed E-state index contributed by atoms with van der Waals surface area (Å²) in [5, 5.41) is 5.74. The zero-order valence-corrected chi connectivity index (χ0v) is 20.1. The number of nitrogens with one attached hydrogen (secondary N) is 2. The molecule has 5 rings (SSSR count). The van der Waals surface area contributed by atoms with Crippen LogP contribution in [0.25, 0.3) is 16.7 Å². The van der Waals surface area contributed by atoms with Gasteiger partial charge in [-0.3, -0.25) is 4.57 Å². The molecule has 0 aliphatic carbocycles. The number of anilines is 2. The van der Waals surface area contributed by atoms with E-state index in [2.05, 4.69) is 39.5 Å². The van der Waals surface area contributed by atoms with Crippen molar-refractivity contribution in [1.82, 2.24) is 9.55 Å². The van der Waals surface area contributed by atoms with Crippen molar-refractivity contribution in [2.75, 3.05) is 17.2 Å². The van der Waals surface area contributed by atoms with Crippen LogP contribution in [0.3, 0.4) is 0 Å². The molecule has 1 aromatic heterocycles. The Labute approximate surface area is 210 Å². The van der Waals surface area contributed by atoms with Gasteiger partial charge in [0.15, 0.2) is 0 Å². The van der Waals surface area contributed by atoms with Crippen molar-refractivity contribution in [3.63, 3.8) is 0 Å². The molecule has 0 aliphatic rings. The number of carbonyl (C=O) groups excluding carboxylic acids is 1. The molecule has 2 amide bonds. The van der Waals surface area contributed by atoms with Gasteiger partial charge >= 0.3 is 6.03 Å². The van der Waals surface area contributed by atoms with E-state index in [0.717, 1.165) is 41.1 Å². The Morgan fingerprint density at radius 1 is 0.806 bits per heavy atom. The number of para-hydroxylation sites is 5. The minimum Gasteiger partial charge on any atom is -0.492 e. The maximum absolute atomic E-state index is 12.5. The molecule has 0 radical (unpaired) electrons. The maximum atomic E-state index is 12.5. The lowest BCUT2D eigenvalue weighted by molar-refractivity contribution is 0.262. The van der Waals surface area contributed by atoms with Gasteiger partial charge in [0.05, 0.1) is 23.3 Å². The lowest BCUT2D eigenvalue weighted by Crippen LogP contribution is -2.19. The fourth-order valence-corrected chi connectivity index (χ4v) is 4.26. The Bertz CT molecular complexity index is 1460. The van der Waals surface area contributed by atoms with Gasteiger partial charge < -0.3 is 15.4 Å². The fraction of sp³-hybridized carbons (Fsp3) is 0.133. The number of rotatable bonds is 8. The van der Waals surface area contributed by atoms with Gasteiger partial charge in [0.1, 0.15) is 11.6 Å². The van der Waals surface area contributed by atoms with E-state index in [1.807, 2.05) is 85.8 Å². The van der Waals surface area contributed by atoms with Gasteiger partial charge in [0.25, 0.3) is 0 Å². The molecular formula is C30H28N4O2. The Balaban J connectivity index is 1.25. The zero-order chi connectivity index (χ0) is 24.7. The van der Waals surface area contributed by atoms with Crippen LogP contribution >= 0.6 is 0 Å². The van der Waals surface area contributed by atoms with Crippen LogP contribution in [0.4, 0.5) is 16.2 Å². The standard InChI is InChI=1S/C30H28N4O2/c1-2-36-28-15-9-7-13-26(28)33-30(35)31-23-19-16-22(17-20-23)18-21-29-32-25-12-6-8-14-27(25)34(29)24-10-4-3-5-11-24/h3-17,19-20H,2,18,21H2,1H3,(H2,31,33,35). The third-order valence-electron chi connectivity index (χ3n) is 5.93. The Morgan fingerprint density at radius 3 is 2.33 bits per heavy atom. The highest BCUT2D eigenvalue weighted by Crippen LogP contribution is 2.25. The molecule has 2 N–H and O–H groups in total. The monoisotopic (exact) mass is 476 g/mol. The van der Waals surface area contributed by atoms with Crippen molar-refractivity contribution >= 4 is 28.4 Å². The summed E-state index contributed by atoms with van der Waals surface area (Å²) in [6, 6.07) is 33.6. The van der Waals surface area contributed by atoms with E-state index in [-0.39, 0.29) is 6.03 Å². The van der Waals surface area contributed by atoms with E-state index in [1.165, 1.54) is 5.56 Å². The van der Waals surface area contributed by atoms with Crippen LogP contribution in [-0.2, 0) is 12.8 Å². The lowest BCUT2D eigenvalue weighted by atomic mass is 10.1. The molecule has 0 bridgehead atoms. The molecule has 0 saturated carbocycles. The van der Waals surface area contributed by atoms with Crippen LogP contribution in [-0.4, -0.2) is 22.2 Å². The van der Waals surface area contributed by atoms with Gasteiger partial charge in [-0.2, -0.15) is 0 Å². The summed E-state index contributed by atoms with van der Waals surface area (Å²) in [5.41, 5.74) is 5.74. The minimum atomic E-state index is -0.313. The van der Waals surface area contributed by atoms with Crippen molar-refractivity contribution in [2.45, 2.75) is 19.8 Å². The zero-order valence-electron chi connectivity index (χ0n) is 20.1. The maximum Gasteiger partial charge on any atom is 0.323 e. The van der Waals surface area contributed by atoms with Gasteiger partial charge in [-0.15, -0.1) is 0 Å². The SMILES string of the molecule is CCOc1ccccc1NC(=O)Nc1ccc(CCc2nc3ccccc3n2-c2ccccc2)cc1. The van der Waals surface area contributed by atoms with Crippen molar-refractivity contribution in [2.24, 2.45) is 0 Å². The van der Waals surface area contributed by atoms with E-state index in [0.29, 0.717) is 18.0 Å². The number of fused-ring (bicyclic) bond motifs is 1. The molecule has 6 nitrogen and oxygen atoms in total. The molecule has 0 fully saturated rings. The highest BCUT2D eigenvalue weighted by molar-refractivity contribution is 6.00. The van der Waals surface area contributed by atoms with Gasteiger partial charge in [0.2, 0.25) is 0 Å². The molecule has 0 atom stereocenters. The summed E-state index contributed by atoms with van der Waals surface area (Å²) in [5.74, 6) is 1.67. The van der Waals surface area contributed by atoms with Gasteiger partial charge in [-0.25, -0.2) is 9.78 Å². The van der Waals surface area contributed by atoms with Crippen molar-refractivity contribution in [1.29, 1.82) is 0 Å². The van der Waals surface area contributed by atoms with E-state index < -0.39 is 0 Å². The summed E-state index contributed by atoms with van der Waals surface area (Å²) < 4.78 is 7.81. The second-order valence-corrected chi connectivity index (χ2v) is 8.39. The number of imidazole rings is 1. The van der Waals surface area contributed by atoms with Crippen LogP contribution < -0.4 is 15.4 Å². The smallest absolute Gasteiger partial charge is 0.323 e. The fourth-order valence-electron chi connectivity index (χ4n) is 4.26. The number of hydrogen-bond donors (Lipinski definition) is 2. The quantitative estimate of drug-likeness (QED) is 0.257. The second-order valence-electron chi connectivity index (χ2n) is 8.39. The molecule has 0 unspecified atom stereocenters. The van der Waals surface area contributed by atoms with Crippen LogP contribution in [0, 0.1) is 0 Å². The Hall–Kier alpha value is -4.58. The summed E-state index contributed by atoms with van der Waals surface area (Å²) >= 11 is 0. The first-order chi connectivity index (χ1) is 17.7. The predicted octanol–water partition coefficient (Wildman–Crippen LogP) is 6.85. The molecule has 0 aliphatic heterocycles. The number of benzene rings is 4. The van der Waals surface area contributed by atoms with E-state index >= 15 is 0 Å². The third kappa shape index (κ3) is 5.23. The summed E-state index contributed by atoms with van der Waals surface area (Å²) in [6.07, 6.45) is 1.63. The number of amides is 2. The summed E-state index contributed by atoms with van der Waals surface area (Å²) in [4.78, 5) is 17.4. The van der Waals surface area contributed by atoms with Gasteiger partial charge in [-0.1, -0.05) is 54.6 Å². The molecular weight excluding hydrogens is 448 g/mol. The van der Waals surface area contributed by atoms with Crippen molar-refractivity contribution < 1.29 is 9.53 Å². The number of ether oxygens (including phenoxy) is 1. The number of nitrogens with zero attached hydrogens (tertiary/aromatic N) is 2. The first kappa shape index (κ1) is 23.2. The largest absolute Gasteiger partial charge is 0.492 e. The van der Waals surface area contributed by atoms with Crippen molar-refractivity contribution in [3.05, 3.63) is 115 Å². The number of hydrogen-bond acceptors (Lipinski definition) is 3. The molecule has 5 aromatic rings. The average molecular weight is 477 g/mol. The average Bonchev–Trinajstić information content (AvgIpc) is 3.28. The van der Waals surface area contributed by atoms with Gasteiger partial charge in [0, 0.05) is 17.8 Å². The minimum absolute atomic E-state index is 0.313. The molecule has 4 aromatic carbocycles. The first-order valence-corrected chi connectivity index (χ1v) is 12.1. The van der Waals surface area contributed by atoms with E-state index in [4.69, 9.17) is 9.72 Å². The first-order valence-electron chi connectivity index (χ1n) is 12.1. The highest BCUT2D eigenvalue weighted by Gasteiger charge is 2.12. The Morgan fingerprint density at radius 2 is 1.53 bits per heavy atom. The highest BCUT2D eigenvalue weighted by atomic mass is 16.5. The number of aromatic nitrogens is 2. The predicted molar refractivity (Wildman–Crippen MR) is 145 cm³/mol. The van der Waals surface area contributed by atoms with E-state index in [9.17, 15) is 4.79 Å². The molecule has 1 heterocycles. The Kier molecular flexibility index (Phi) is 6.94. The third-order valence-corrected chi connectivity index (χ3v) is 5.93. The van der Waals surface area contributed by atoms with Crippen LogP contribution in [0.15, 0.2) is 103 Å². The number of carbonyl (C=O) groups is 1. The molecule has 36 heavy (non-hydrogen) atoms. The van der Waals surface area contributed by atoms with Gasteiger partial charge in [-0.05, 0) is 67.4 Å². The summed E-state index contributed by atoms with van der Waals surface area (Å²) in [7, 11) is 0. The normalized spacial score (nSPS) is 10.8. The lowest BCUT2D eigenvalue weighted by Gasteiger charge is -2.12. The molecule has 180 valence electrons. The second kappa shape index (κ2) is 10.8. The summed E-state index contributed by atoms with van der Waals surface area (Å²) in [6.45, 7) is 2.44. The van der Waals surface area contributed by atoms with Crippen LogP contribution in [0.2, 0.25) is 0 Å². The molecule has 0 spiro atoms. The number of aryl methyl sites for hydroxylation is 2. The molecule has 0 saturated heterocycles. The topological polar surface area (TPSA) is 68.2 Å². The van der Waals surface area contributed by atoms with Crippen LogP contribution in [0.5, 0.6) is 5.75 Å². The van der Waals surface area contributed by atoms with Crippen LogP contribution in [0.1, 0.15) is 18.3 Å². The molecule has 6 heteroatoms. The van der Waals surface area contributed by atoms with Crippen molar-refractivity contribution in [3.8, 4) is 11.4 Å². The number of urea groups is 1. The van der Waals surface area contributed by atoms with E-state index in [1.54, 1.807) is 0 Å².